The molecule has 4 rings (SSSR count). The van der Waals surface area contributed by atoms with Crippen LogP contribution in [0.1, 0.15) is 44.9 Å². The van der Waals surface area contributed by atoms with Crippen molar-refractivity contribution in [3.8, 4) is 0 Å². The fourth-order valence-corrected chi connectivity index (χ4v) is 4.00. The molecule has 0 aromatic carbocycles. The third kappa shape index (κ3) is 1.41. The molecule has 13 heavy (non-hydrogen) atoms. The topological polar surface area (TPSA) is 12.0 Å². The van der Waals surface area contributed by atoms with E-state index >= 15 is 0 Å². The van der Waals surface area contributed by atoms with Gasteiger partial charge in [-0.15, -0.1) is 0 Å². The Labute approximate surface area is 81.3 Å². The standard InChI is InChI=1S/C12H21N/c1-2-12(13-7-1)11-8-9-3-5-10(11)6-4-9/h9-13H,1-8H2. The van der Waals surface area contributed by atoms with Crippen LogP contribution in [-0.2, 0) is 0 Å². The van der Waals surface area contributed by atoms with Crippen LogP contribution >= 0.6 is 0 Å². The Morgan fingerprint density at radius 1 is 0.923 bits per heavy atom. The Balaban J connectivity index is 1.70. The molecule has 1 heteroatoms. The Bertz CT molecular complexity index is 174. The summed E-state index contributed by atoms with van der Waals surface area (Å²) in [6.45, 7) is 1.29. The van der Waals surface area contributed by atoms with Crippen molar-refractivity contribution in [2.45, 2.75) is 51.0 Å². The molecular weight excluding hydrogens is 158 g/mol. The Morgan fingerprint density at radius 2 is 1.77 bits per heavy atom. The molecule has 1 nitrogen and oxygen atoms in total. The van der Waals surface area contributed by atoms with Gasteiger partial charge in [-0.2, -0.15) is 0 Å². The van der Waals surface area contributed by atoms with Gasteiger partial charge in [0.15, 0.2) is 0 Å². The number of fused-ring (bicyclic) bond motifs is 3. The van der Waals surface area contributed by atoms with E-state index in [1.165, 1.54) is 19.4 Å². The summed E-state index contributed by atoms with van der Waals surface area (Å²) >= 11 is 0. The van der Waals surface area contributed by atoms with Crippen molar-refractivity contribution >= 4 is 0 Å². The van der Waals surface area contributed by atoms with E-state index in [0.29, 0.717) is 0 Å². The van der Waals surface area contributed by atoms with Crippen LogP contribution < -0.4 is 5.32 Å². The zero-order valence-corrected chi connectivity index (χ0v) is 8.47. The van der Waals surface area contributed by atoms with Crippen molar-refractivity contribution in [2.24, 2.45) is 17.8 Å². The molecule has 1 heterocycles. The predicted octanol–water partition coefficient (Wildman–Crippen LogP) is 2.56. The van der Waals surface area contributed by atoms with Crippen molar-refractivity contribution in [1.29, 1.82) is 0 Å². The van der Waals surface area contributed by atoms with Gasteiger partial charge in [0.2, 0.25) is 0 Å². The van der Waals surface area contributed by atoms with Gasteiger partial charge in [-0.3, -0.25) is 0 Å². The molecular formula is C12H21N. The summed E-state index contributed by atoms with van der Waals surface area (Å²) in [5.41, 5.74) is 0. The summed E-state index contributed by atoms with van der Waals surface area (Å²) in [6, 6.07) is 0.910. The molecule has 0 radical (unpaired) electrons. The molecule has 1 saturated heterocycles. The second kappa shape index (κ2) is 3.27. The van der Waals surface area contributed by atoms with E-state index in [9.17, 15) is 0 Å². The maximum absolute atomic E-state index is 3.71. The molecule has 4 aliphatic rings. The Kier molecular flexibility index (Phi) is 2.08. The lowest BCUT2D eigenvalue weighted by molar-refractivity contribution is 0.0758. The fourth-order valence-electron chi connectivity index (χ4n) is 4.00. The fraction of sp³-hybridized carbons (Fsp3) is 1.00. The normalized spacial score (nSPS) is 49.8. The quantitative estimate of drug-likeness (QED) is 0.652. The summed E-state index contributed by atoms with van der Waals surface area (Å²) in [5, 5.41) is 3.71. The second-order valence-corrected chi connectivity index (χ2v) is 5.38. The zero-order chi connectivity index (χ0) is 8.67. The predicted molar refractivity (Wildman–Crippen MR) is 54.6 cm³/mol. The van der Waals surface area contributed by atoms with Gasteiger partial charge in [-0.05, 0) is 56.4 Å². The molecule has 2 unspecified atom stereocenters. The first kappa shape index (κ1) is 8.28. The van der Waals surface area contributed by atoms with Gasteiger partial charge in [0.25, 0.3) is 0 Å². The minimum Gasteiger partial charge on any atom is -0.314 e. The van der Waals surface area contributed by atoms with Crippen molar-refractivity contribution in [3.63, 3.8) is 0 Å². The van der Waals surface area contributed by atoms with Crippen molar-refractivity contribution < 1.29 is 0 Å². The third-order valence-electron chi connectivity index (χ3n) is 4.72. The number of nitrogens with one attached hydrogen (secondary N) is 1. The minimum atomic E-state index is 0.910. The highest BCUT2D eigenvalue weighted by atomic mass is 14.9. The molecule has 3 aliphatic carbocycles. The number of rotatable bonds is 1. The van der Waals surface area contributed by atoms with Crippen LogP contribution in [0.15, 0.2) is 0 Å². The highest BCUT2D eigenvalue weighted by Crippen LogP contribution is 2.47. The van der Waals surface area contributed by atoms with Gasteiger partial charge < -0.3 is 5.32 Å². The van der Waals surface area contributed by atoms with Crippen LogP contribution in [0.2, 0.25) is 0 Å². The maximum Gasteiger partial charge on any atom is 0.00985 e. The molecule has 4 fully saturated rings. The van der Waals surface area contributed by atoms with Gasteiger partial charge in [-0.1, -0.05) is 12.8 Å². The van der Waals surface area contributed by atoms with Gasteiger partial charge in [-0.25, -0.2) is 0 Å². The van der Waals surface area contributed by atoms with Crippen LogP contribution in [0.3, 0.4) is 0 Å². The first-order valence-electron chi connectivity index (χ1n) is 6.17. The first-order valence-corrected chi connectivity index (χ1v) is 6.17. The molecule has 1 aliphatic heterocycles. The molecule has 2 atom stereocenters. The average Bonchev–Trinajstić information content (AvgIpc) is 2.72. The molecule has 1 N–H and O–H groups in total. The largest absolute Gasteiger partial charge is 0.314 e. The smallest absolute Gasteiger partial charge is 0.00985 e. The summed E-state index contributed by atoms with van der Waals surface area (Å²) in [6.07, 6.45) is 10.7. The van der Waals surface area contributed by atoms with Crippen molar-refractivity contribution in [1.82, 2.24) is 5.32 Å². The number of hydrogen-bond acceptors (Lipinski definition) is 1. The van der Waals surface area contributed by atoms with E-state index in [2.05, 4.69) is 5.32 Å². The molecule has 0 amide bonds. The SMILES string of the molecule is C1CNC(C2CC3CCC2CC3)C1. The molecule has 0 aromatic rings. The monoisotopic (exact) mass is 179 g/mol. The lowest BCUT2D eigenvalue weighted by Crippen LogP contribution is -2.42. The number of hydrogen-bond donors (Lipinski definition) is 1. The van der Waals surface area contributed by atoms with E-state index in [1.54, 1.807) is 32.1 Å². The van der Waals surface area contributed by atoms with Gasteiger partial charge >= 0.3 is 0 Å². The molecule has 3 saturated carbocycles. The average molecular weight is 179 g/mol. The molecule has 2 bridgehead atoms. The Hall–Kier alpha value is -0.0400. The van der Waals surface area contributed by atoms with Gasteiger partial charge in [0.1, 0.15) is 0 Å². The third-order valence-corrected chi connectivity index (χ3v) is 4.72. The van der Waals surface area contributed by atoms with E-state index in [0.717, 1.165) is 23.8 Å². The van der Waals surface area contributed by atoms with E-state index < -0.39 is 0 Å². The van der Waals surface area contributed by atoms with Crippen molar-refractivity contribution in [2.75, 3.05) is 6.54 Å². The van der Waals surface area contributed by atoms with Crippen LogP contribution in [0.25, 0.3) is 0 Å². The summed E-state index contributed by atoms with van der Waals surface area (Å²) in [5.74, 6) is 3.27. The van der Waals surface area contributed by atoms with Gasteiger partial charge in [0.05, 0.1) is 0 Å². The highest BCUT2D eigenvalue weighted by molar-refractivity contribution is 4.93. The first-order chi connectivity index (χ1) is 6.43. The van der Waals surface area contributed by atoms with Gasteiger partial charge in [0, 0.05) is 6.04 Å². The highest BCUT2D eigenvalue weighted by Gasteiger charge is 2.39. The van der Waals surface area contributed by atoms with Crippen LogP contribution in [-0.4, -0.2) is 12.6 Å². The van der Waals surface area contributed by atoms with Crippen LogP contribution in [0.5, 0.6) is 0 Å². The lowest BCUT2D eigenvalue weighted by Gasteiger charge is -2.45. The summed E-state index contributed by atoms with van der Waals surface area (Å²) < 4.78 is 0. The second-order valence-electron chi connectivity index (χ2n) is 5.38. The van der Waals surface area contributed by atoms with Crippen molar-refractivity contribution in [3.05, 3.63) is 0 Å². The van der Waals surface area contributed by atoms with Crippen LogP contribution in [0, 0.1) is 17.8 Å². The van der Waals surface area contributed by atoms with E-state index in [-0.39, 0.29) is 0 Å². The minimum absolute atomic E-state index is 0.910. The lowest BCUT2D eigenvalue weighted by atomic mass is 9.62. The maximum atomic E-state index is 3.71. The van der Waals surface area contributed by atoms with E-state index in [4.69, 9.17) is 0 Å². The zero-order valence-electron chi connectivity index (χ0n) is 8.47. The van der Waals surface area contributed by atoms with Crippen LogP contribution in [0.4, 0.5) is 0 Å². The molecule has 0 aromatic heterocycles. The molecule has 74 valence electrons. The Morgan fingerprint density at radius 3 is 2.31 bits per heavy atom. The summed E-state index contributed by atoms with van der Waals surface area (Å²) in [7, 11) is 0. The molecule has 0 spiro atoms. The summed E-state index contributed by atoms with van der Waals surface area (Å²) in [4.78, 5) is 0. The van der Waals surface area contributed by atoms with E-state index in [1.807, 2.05) is 0 Å².